The Morgan fingerprint density at radius 3 is 2.23 bits per heavy atom. The molecule has 1 unspecified atom stereocenters. The minimum atomic E-state index is -0.621. The van der Waals surface area contributed by atoms with Crippen LogP contribution in [0, 0.1) is 5.92 Å². The van der Waals surface area contributed by atoms with Gasteiger partial charge in [-0.15, -0.1) is 12.4 Å². The Hall–Kier alpha value is -0.570. The first-order chi connectivity index (χ1) is 10.3. The molecule has 2 nitrogen and oxygen atoms in total. The lowest BCUT2D eigenvalue weighted by atomic mass is 9.71. The van der Waals surface area contributed by atoms with E-state index in [4.69, 9.17) is 0 Å². The van der Waals surface area contributed by atoms with Crippen molar-refractivity contribution in [3.8, 4) is 0 Å². The molecule has 0 aromatic heterocycles. The van der Waals surface area contributed by atoms with Crippen LogP contribution in [0.5, 0.6) is 0 Å². The summed E-state index contributed by atoms with van der Waals surface area (Å²) in [4.78, 5) is 2.52. The molecule has 1 saturated heterocycles. The summed E-state index contributed by atoms with van der Waals surface area (Å²) in [5, 5.41) is 11.5. The summed E-state index contributed by atoms with van der Waals surface area (Å²) in [6.45, 7) is 3.48. The third kappa shape index (κ3) is 4.04. The third-order valence-corrected chi connectivity index (χ3v) is 5.56. The summed E-state index contributed by atoms with van der Waals surface area (Å²) in [7, 11) is 0. The molecule has 1 N–H and O–H groups in total. The van der Waals surface area contributed by atoms with Crippen molar-refractivity contribution in [1.29, 1.82) is 0 Å². The van der Waals surface area contributed by atoms with Gasteiger partial charge in [0.2, 0.25) is 0 Å². The molecule has 1 aliphatic carbocycles. The molecule has 1 atom stereocenters. The van der Waals surface area contributed by atoms with Crippen LogP contribution in [0.25, 0.3) is 0 Å². The van der Waals surface area contributed by atoms with Gasteiger partial charge in [-0.25, -0.2) is 0 Å². The van der Waals surface area contributed by atoms with Crippen LogP contribution < -0.4 is 0 Å². The fraction of sp³-hybridized carbons (Fsp3) is 0.684. The highest BCUT2D eigenvalue weighted by molar-refractivity contribution is 5.85. The number of benzene rings is 1. The molecule has 124 valence electrons. The number of nitrogens with zero attached hydrogens (tertiary/aromatic N) is 1. The van der Waals surface area contributed by atoms with Gasteiger partial charge >= 0.3 is 0 Å². The van der Waals surface area contributed by atoms with E-state index in [-0.39, 0.29) is 12.4 Å². The van der Waals surface area contributed by atoms with Crippen LogP contribution >= 0.6 is 12.4 Å². The molecule has 1 aliphatic heterocycles. The molecule has 2 fully saturated rings. The molecule has 0 amide bonds. The molecule has 0 bridgehead atoms. The number of likely N-dealkylation sites (tertiary alicyclic amines) is 1. The van der Waals surface area contributed by atoms with Crippen molar-refractivity contribution in [2.75, 3.05) is 19.6 Å². The summed E-state index contributed by atoms with van der Waals surface area (Å²) in [6.07, 6.45) is 9.82. The van der Waals surface area contributed by atoms with Crippen molar-refractivity contribution >= 4 is 12.4 Å². The van der Waals surface area contributed by atoms with Crippen LogP contribution in [-0.4, -0.2) is 29.6 Å². The van der Waals surface area contributed by atoms with Crippen molar-refractivity contribution in [3.63, 3.8) is 0 Å². The quantitative estimate of drug-likeness (QED) is 0.870. The standard InChI is InChI=1S/C19H29NO.ClH/c21-19(17-9-3-1-4-10-17,18-11-5-2-6-12-18)13-16-20-14-7-8-15-20;/h1,3-4,9-10,18,21H,2,5-8,11-16H2;1H. The number of hydrogen-bond donors (Lipinski definition) is 1. The minimum Gasteiger partial charge on any atom is -0.385 e. The Bertz CT molecular complexity index is 426. The first-order valence-corrected chi connectivity index (χ1v) is 8.79. The van der Waals surface area contributed by atoms with Crippen LogP contribution in [0.2, 0.25) is 0 Å². The predicted molar refractivity (Wildman–Crippen MR) is 94.5 cm³/mol. The predicted octanol–water partition coefficient (Wildman–Crippen LogP) is 4.36. The maximum atomic E-state index is 11.5. The fourth-order valence-corrected chi connectivity index (χ4v) is 4.23. The van der Waals surface area contributed by atoms with Gasteiger partial charge in [-0.2, -0.15) is 0 Å². The van der Waals surface area contributed by atoms with Crippen LogP contribution in [0.15, 0.2) is 30.3 Å². The van der Waals surface area contributed by atoms with Crippen molar-refractivity contribution in [2.24, 2.45) is 5.92 Å². The van der Waals surface area contributed by atoms with E-state index in [1.54, 1.807) is 0 Å². The van der Waals surface area contributed by atoms with Gasteiger partial charge in [0.05, 0.1) is 5.60 Å². The van der Waals surface area contributed by atoms with E-state index in [1.165, 1.54) is 58.0 Å². The smallest absolute Gasteiger partial charge is 0.0936 e. The van der Waals surface area contributed by atoms with Gasteiger partial charge in [-0.3, -0.25) is 0 Å². The van der Waals surface area contributed by atoms with E-state index in [1.807, 2.05) is 6.07 Å². The zero-order valence-electron chi connectivity index (χ0n) is 13.5. The molecular weight excluding hydrogens is 294 g/mol. The Labute approximate surface area is 141 Å². The first kappa shape index (κ1) is 17.8. The first-order valence-electron chi connectivity index (χ1n) is 8.79. The molecular formula is C19H30ClNO. The summed E-state index contributed by atoms with van der Waals surface area (Å²) in [6, 6.07) is 10.4. The molecule has 2 aliphatic rings. The average Bonchev–Trinajstić information content (AvgIpc) is 3.08. The van der Waals surface area contributed by atoms with Gasteiger partial charge in [-0.1, -0.05) is 49.6 Å². The number of aliphatic hydroxyl groups is 1. The average molecular weight is 324 g/mol. The highest BCUT2D eigenvalue weighted by Crippen LogP contribution is 2.41. The second kappa shape index (κ2) is 8.33. The van der Waals surface area contributed by atoms with Gasteiger partial charge in [0.25, 0.3) is 0 Å². The van der Waals surface area contributed by atoms with Crippen molar-refractivity contribution in [3.05, 3.63) is 35.9 Å². The van der Waals surface area contributed by atoms with Crippen LogP contribution in [0.4, 0.5) is 0 Å². The largest absolute Gasteiger partial charge is 0.385 e. The molecule has 0 radical (unpaired) electrons. The molecule has 1 saturated carbocycles. The Morgan fingerprint density at radius 1 is 0.955 bits per heavy atom. The zero-order valence-corrected chi connectivity index (χ0v) is 14.4. The van der Waals surface area contributed by atoms with Crippen LogP contribution in [-0.2, 0) is 5.60 Å². The lowest BCUT2D eigenvalue weighted by Gasteiger charge is -2.40. The van der Waals surface area contributed by atoms with Crippen molar-refractivity contribution < 1.29 is 5.11 Å². The maximum Gasteiger partial charge on any atom is 0.0936 e. The van der Waals surface area contributed by atoms with Gasteiger partial charge in [0, 0.05) is 6.54 Å². The minimum absolute atomic E-state index is 0. The Morgan fingerprint density at radius 2 is 1.59 bits per heavy atom. The summed E-state index contributed by atoms with van der Waals surface area (Å²) in [5.41, 5.74) is 0.515. The molecule has 1 heterocycles. The lowest BCUT2D eigenvalue weighted by molar-refractivity contribution is -0.0510. The Kier molecular flexibility index (Phi) is 6.73. The number of hydrogen-bond acceptors (Lipinski definition) is 2. The highest BCUT2D eigenvalue weighted by atomic mass is 35.5. The van der Waals surface area contributed by atoms with Crippen molar-refractivity contribution in [2.45, 2.75) is 57.0 Å². The van der Waals surface area contributed by atoms with E-state index in [2.05, 4.69) is 29.2 Å². The fourth-order valence-electron chi connectivity index (χ4n) is 4.23. The maximum absolute atomic E-state index is 11.5. The second-order valence-corrected chi connectivity index (χ2v) is 6.92. The van der Waals surface area contributed by atoms with Crippen molar-refractivity contribution in [1.82, 2.24) is 4.90 Å². The number of rotatable bonds is 5. The SMILES string of the molecule is Cl.OC(CCN1CCCC1)(c1ccccc1)C1CCCCC1. The van der Waals surface area contributed by atoms with Crippen LogP contribution in [0.1, 0.15) is 56.9 Å². The third-order valence-electron chi connectivity index (χ3n) is 5.56. The monoisotopic (exact) mass is 323 g/mol. The van der Waals surface area contributed by atoms with Gasteiger partial charge in [-0.05, 0) is 56.7 Å². The molecule has 0 spiro atoms. The summed E-state index contributed by atoms with van der Waals surface area (Å²) < 4.78 is 0. The molecule has 1 aromatic rings. The van der Waals surface area contributed by atoms with Gasteiger partial charge < -0.3 is 10.0 Å². The van der Waals surface area contributed by atoms with Crippen LogP contribution in [0.3, 0.4) is 0 Å². The topological polar surface area (TPSA) is 23.5 Å². The van der Waals surface area contributed by atoms with E-state index in [0.717, 1.165) is 18.5 Å². The molecule has 3 rings (SSSR count). The Balaban J connectivity index is 0.00000176. The van der Waals surface area contributed by atoms with E-state index < -0.39 is 5.60 Å². The van der Waals surface area contributed by atoms with Gasteiger partial charge in [0.1, 0.15) is 0 Å². The van der Waals surface area contributed by atoms with E-state index >= 15 is 0 Å². The van der Waals surface area contributed by atoms with Gasteiger partial charge in [0.15, 0.2) is 0 Å². The van der Waals surface area contributed by atoms with E-state index in [9.17, 15) is 5.11 Å². The molecule has 1 aromatic carbocycles. The lowest BCUT2D eigenvalue weighted by Crippen LogP contribution is -2.39. The number of halogens is 1. The van der Waals surface area contributed by atoms with E-state index in [0.29, 0.717) is 5.92 Å². The summed E-state index contributed by atoms with van der Waals surface area (Å²) >= 11 is 0. The summed E-state index contributed by atoms with van der Waals surface area (Å²) in [5.74, 6) is 0.441. The second-order valence-electron chi connectivity index (χ2n) is 6.92. The molecule has 22 heavy (non-hydrogen) atoms. The zero-order chi connectivity index (χ0) is 14.5. The molecule has 3 heteroatoms. The highest BCUT2D eigenvalue weighted by Gasteiger charge is 2.38. The normalized spacial score (nSPS) is 23.0.